The van der Waals surface area contributed by atoms with Gasteiger partial charge >= 0.3 is 0 Å². The Bertz CT molecular complexity index is 167. The molecule has 1 heterocycles. The highest BCUT2D eigenvalue weighted by Gasteiger charge is 1.89. The summed E-state index contributed by atoms with van der Waals surface area (Å²) in [6.45, 7) is 0.378. The summed E-state index contributed by atoms with van der Waals surface area (Å²) in [5.41, 5.74) is 8.04. The summed E-state index contributed by atoms with van der Waals surface area (Å²) in [4.78, 5) is 0. The normalized spacial score (nSPS) is 9.75. The number of aryl methyl sites for hydroxylation is 1. The van der Waals surface area contributed by atoms with E-state index >= 15 is 0 Å². The van der Waals surface area contributed by atoms with Gasteiger partial charge in [0.15, 0.2) is 0 Å². The Morgan fingerprint density at radius 3 is 2.75 bits per heavy atom. The summed E-state index contributed by atoms with van der Waals surface area (Å²) in [6.07, 6.45) is 1.95. The number of nitrogens with one attached hydrogen (secondary N) is 1. The number of rotatable bonds is 1. The van der Waals surface area contributed by atoms with Crippen molar-refractivity contribution in [2.24, 2.45) is 7.05 Å². The van der Waals surface area contributed by atoms with Crippen molar-refractivity contribution < 1.29 is 0 Å². The van der Waals surface area contributed by atoms with Crippen molar-refractivity contribution in [2.75, 3.05) is 0 Å². The second kappa shape index (κ2) is 2.01. The molecule has 2 nitrogen and oxygen atoms in total. The van der Waals surface area contributed by atoms with E-state index in [-0.39, 0.29) is 0 Å². The summed E-state index contributed by atoms with van der Waals surface area (Å²) >= 11 is 0. The Morgan fingerprint density at radius 1 is 1.75 bits per heavy atom. The zero-order valence-electron chi connectivity index (χ0n) is 4.89. The van der Waals surface area contributed by atoms with Crippen molar-refractivity contribution in [3.8, 4) is 0 Å². The van der Waals surface area contributed by atoms with E-state index in [4.69, 9.17) is 5.73 Å². The van der Waals surface area contributed by atoms with Crippen LogP contribution in [0.15, 0.2) is 18.3 Å². The first kappa shape index (κ1) is 5.38. The third kappa shape index (κ3) is 0.746. The molecule has 0 saturated carbocycles. The van der Waals surface area contributed by atoms with Gasteiger partial charge in [-0.25, -0.2) is 0 Å². The zero-order chi connectivity index (χ0) is 5.98. The molecule has 1 aromatic rings. The first-order valence-corrected chi connectivity index (χ1v) is 2.59. The molecular weight excluding hydrogens is 100 g/mol. The van der Waals surface area contributed by atoms with Crippen molar-refractivity contribution >= 4 is 0 Å². The van der Waals surface area contributed by atoms with Crippen LogP contribution >= 0.6 is 0 Å². The van der Waals surface area contributed by atoms with Crippen LogP contribution in [0, 0.1) is 0 Å². The molecule has 0 spiro atoms. The predicted molar refractivity (Wildman–Crippen MR) is 32.2 cm³/mol. The fourth-order valence-corrected chi connectivity index (χ4v) is 0.680. The van der Waals surface area contributed by atoms with Crippen molar-refractivity contribution in [2.45, 2.75) is 6.54 Å². The van der Waals surface area contributed by atoms with E-state index in [1.165, 1.54) is 0 Å². The minimum Gasteiger partial charge on any atom is -0.353 e. The lowest BCUT2D eigenvalue weighted by atomic mass is 10.4. The maximum Gasteiger partial charge on any atom is 0.0504 e. The molecule has 0 aliphatic carbocycles. The minimum absolute atomic E-state index is 0.378. The lowest BCUT2D eigenvalue weighted by Crippen LogP contribution is -1.93. The molecule has 0 aromatic carbocycles. The van der Waals surface area contributed by atoms with Gasteiger partial charge < -0.3 is 4.57 Å². The zero-order valence-corrected chi connectivity index (χ0v) is 4.89. The highest BCUT2D eigenvalue weighted by molar-refractivity contribution is 5.05. The van der Waals surface area contributed by atoms with Gasteiger partial charge in [-0.3, -0.25) is 5.73 Å². The molecular formula is C6H9N2. The van der Waals surface area contributed by atoms with E-state index < -0.39 is 0 Å². The number of hydrogen-bond donors (Lipinski definition) is 0. The summed E-state index contributed by atoms with van der Waals surface area (Å²) in [7, 11) is 1.95. The number of aromatic nitrogens is 1. The molecule has 1 rings (SSSR count). The Hall–Kier alpha value is -0.760. The molecule has 2 heteroatoms. The average Bonchev–Trinajstić information content (AvgIpc) is 2.14. The third-order valence-electron chi connectivity index (χ3n) is 1.23. The standard InChI is InChI=1S/C6H9N2/c1-8-4-2-3-6(8)5-7/h2-4,7H,5H2,1H3. The third-order valence-corrected chi connectivity index (χ3v) is 1.23. The van der Waals surface area contributed by atoms with Gasteiger partial charge in [0.25, 0.3) is 0 Å². The smallest absolute Gasteiger partial charge is 0.0504 e. The van der Waals surface area contributed by atoms with Crippen LogP contribution in [0.4, 0.5) is 0 Å². The largest absolute Gasteiger partial charge is 0.353 e. The van der Waals surface area contributed by atoms with E-state index in [0.717, 1.165) is 5.69 Å². The van der Waals surface area contributed by atoms with E-state index in [1.807, 2.05) is 29.9 Å². The Labute approximate surface area is 48.9 Å². The SMILES string of the molecule is Cn1cccc1C[NH]. The van der Waals surface area contributed by atoms with E-state index in [1.54, 1.807) is 0 Å². The highest BCUT2D eigenvalue weighted by Crippen LogP contribution is 1.96. The highest BCUT2D eigenvalue weighted by atomic mass is 14.9. The van der Waals surface area contributed by atoms with Crippen LogP contribution in [0.25, 0.3) is 0 Å². The minimum atomic E-state index is 0.378. The van der Waals surface area contributed by atoms with Gasteiger partial charge in [0, 0.05) is 18.9 Å². The van der Waals surface area contributed by atoms with Crippen molar-refractivity contribution in [3.05, 3.63) is 24.0 Å². The fraction of sp³-hybridized carbons (Fsp3) is 0.333. The molecule has 0 aliphatic heterocycles. The van der Waals surface area contributed by atoms with Crippen LogP contribution in [0.3, 0.4) is 0 Å². The quantitative estimate of drug-likeness (QED) is 0.510. The lowest BCUT2D eigenvalue weighted by molar-refractivity contribution is 0.814. The molecule has 1 N–H and O–H groups in total. The molecule has 0 saturated heterocycles. The van der Waals surface area contributed by atoms with Crippen LogP contribution < -0.4 is 5.73 Å². The van der Waals surface area contributed by atoms with Gasteiger partial charge in [0.05, 0.1) is 6.54 Å². The molecule has 1 radical (unpaired) electrons. The van der Waals surface area contributed by atoms with Crippen LogP contribution in [-0.4, -0.2) is 4.57 Å². The van der Waals surface area contributed by atoms with Crippen molar-refractivity contribution in [1.82, 2.24) is 10.3 Å². The molecule has 8 heavy (non-hydrogen) atoms. The monoisotopic (exact) mass is 109 g/mol. The van der Waals surface area contributed by atoms with Gasteiger partial charge in [0.2, 0.25) is 0 Å². The Balaban J connectivity index is 2.92. The van der Waals surface area contributed by atoms with E-state index in [0.29, 0.717) is 6.54 Å². The molecule has 1 aromatic heterocycles. The first-order chi connectivity index (χ1) is 3.84. The molecule has 43 valence electrons. The first-order valence-electron chi connectivity index (χ1n) is 2.59. The Morgan fingerprint density at radius 2 is 2.50 bits per heavy atom. The predicted octanol–water partition coefficient (Wildman–Crippen LogP) is 0.808. The topological polar surface area (TPSA) is 28.7 Å². The van der Waals surface area contributed by atoms with Crippen molar-refractivity contribution in [3.63, 3.8) is 0 Å². The average molecular weight is 109 g/mol. The number of nitrogens with zero attached hydrogens (tertiary/aromatic N) is 1. The van der Waals surface area contributed by atoms with E-state index in [2.05, 4.69) is 0 Å². The number of hydrogen-bond acceptors (Lipinski definition) is 0. The molecule has 0 aliphatic rings. The molecule has 0 fully saturated rings. The van der Waals surface area contributed by atoms with Gasteiger partial charge in [-0.2, -0.15) is 0 Å². The summed E-state index contributed by atoms with van der Waals surface area (Å²) in [6, 6.07) is 3.90. The second-order valence-electron chi connectivity index (χ2n) is 1.79. The maximum absolute atomic E-state index is 6.98. The van der Waals surface area contributed by atoms with Gasteiger partial charge in [-0.05, 0) is 12.1 Å². The van der Waals surface area contributed by atoms with Crippen LogP contribution in [-0.2, 0) is 13.6 Å². The molecule has 0 bridgehead atoms. The summed E-state index contributed by atoms with van der Waals surface area (Å²) in [5.74, 6) is 0. The van der Waals surface area contributed by atoms with Gasteiger partial charge in [-0.1, -0.05) is 0 Å². The van der Waals surface area contributed by atoms with E-state index in [9.17, 15) is 0 Å². The van der Waals surface area contributed by atoms with Gasteiger partial charge in [0.1, 0.15) is 0 Å². The summed E-state index contributed by atoms with van der Waals surface area (Å²) < 4.78 is 1.95. The van der Waals surface area contributed by atoms with Gasteiger partial charge in [-0.15, -0.1) is 0 Å². The van der Waals surface area contributed by atoms with Crippen molar-refractivity contribution in [1.29, 1.82) is 0 Å². The fourth-order valence-electron chi connectivity index (χ4n) is 0.680. The maximum atomic E-state index is 6.98. The second-order valence-corrected chi connectivity index (χ2v) is 1.79. The Kier molecular flexibility index (Phi) is 1.35. The molecule has 0 unspecified atom stereocenters. The van der Waals surface area contributed by atoms with Crippen LogP contribution in [0.5, 0.6) is 0 Å². The molecule has 0 amide bonds. The van der Waals surface area contributed by atoms with Crippen LogP contribution in [0.2, 0.25) is 0 Å². The summed E-state index contributed by atoms with van der Waals surface area (Å²) in [5, 5.41) is 0. The lowest BCUT2D eigenvalue weighted by Gasteiger charge is -1.94. The molecule has 0 atom stereocenters. The van der Waals surface area contributed by atoms with Crippen LogP contribution in [0.1, 0.15) is 5.69 Å².